The summed E-state index contributed by atoms with van der Waals surface area (Å²) in [6, 6.07) is 17.0. The molecule has 4 aromatic heterocycles. The number of hydrogen-bond acceptors (Lipinski definition) is 10. The fourth-order valence-electron chi connectivity index (χ4n) is 10.2. The van der Waals surface area contributed by atoms with Crippen molar-refractivity contribution in [2.45, 2.75) is 84.0 Å². The van der Waals surface area contributed by atoms with Crippen LogP contribution in [0.4, 0.5) is 4.39 Å². The Morgan fingerprint density at radius 1 is 0.968 bits per heavy atom. The van der Waals surface area contributed by atoms with Crippen molar-refractivity contribution in [3.05, 3.63) is 139 Å². The molecule has 0 bridgehead atoms. The summed E-state index contributed by atoms with van der Waals surface area (Å²) in [6.45, 7) is 11.3. The van der Waals surface area contributed by atoms with Gasteiger partial charge in [-0.1, -0.05) is 18.1 Å². The van der Waals surface area contributed by atoms with E-state index in [1.54, 1.807) is 64.3 Å². The normalized spacial score (nSPS) is 21.0. The molecule has 6 heterocycles. The number of benzene rings is 3. The number of nitrogens with one attached hydrogen (secondary N) is 1. The molecule has 2 fully saturated rings. The van der Waals surface area contributed by atoms with Crippen molar-refractivity contribution in [2.75, 3.05) is 33.0 Å². The van der Waals surface area contributed by atoms with Crippen molar-refractivity contribution in [1.82, 2.24) is 38.5 Å². The number of nitrogens with zero attached hydrogens (tertiary/aromatic N) is 7. The number of halogens is 1. The number of aromatic amines is 1. The first-order valence-electron chi connectivity index (χ1n) is 21.7. The van der Waals surface area contributed by atoms with Crippen LogP contribution in [0.1, 0.15) is 96.3 Å². The molecule has 3 aromatic carbocycles. The van der Waals surface area contributed by atoms with E-state index in [-0.39, 0.29) is 30.6 Å². The van der Waals surface area contributed by atoms with Gasteiger partial charge in [0.05, 0.1) is 29.4 Å². The molecule has 1 unspecified atom stereocenters. The molecule has 0 radical (unpaired) electrons. The minimum atomic E-state index is -1.14. The van der Waals surface area contributed by atoms with E-state index in [2.05, 4.69) is 45.9 Å². The van der Waals surface area contributed by atoms with E-state index in [9.17, 15) is 19.8 Å². The Kier molecular flexibility index (Phi) is 10.2. The second-order valence-corrected chi connectivity index (χ2v) is 17.5. The third kappa shape index (κ3) is 6.69. The van der Waals surface area contributed by atoms with E-state index >= 15 is 4.39 Å². The summed E-state index contributed by atoms with van der Waals surface area (Å²) in [7, 11) is 0. The third-order valence-electron chi connectivity index (χ3n) is 13.6. The van der Waals surface area contributed by atoms with Crippen LogP contribution in [0.5, 0.6) is 5.75 Å². The smallest absolute Gasteiger partial charge is 0.438 e. The van der Waals surface area contributed by atoms with Crippen molar-refractivity contribution in [1.29, 1.82) is 0 Å². The molecule has 328 valence electrons. The third-order valence-corrected chi connectivity index (χ3v) is 13.6. The number of aliphatic hydroxyl groups excluding tert-OH is 2. The van der Waals surface area contributed by atoms with Gasteiger partial charge < -0.3 is 24.3 Å². The molecule has 10 rings (SSSR count). The van der Waals surface area contributed by atoms with Gasteiger partial charge in [0, 0.05) is 61.1 Å². The molecule has 0 amide bonds. The van der Waals surface area contributed by atoms with E-state index in [0.717, 1.165) is 40.6 Å². The maximum Gasteiger partial charge on any atom is 0.438 e. The number of ether oxygens (including phenoxy) is 2. The monoisotopic (exact) mass is 858 g/mol. The van der Waals surface area contributed by atoms with Crippen molar-refractivity contribution >= 4 is 10.9 Å². The predicted molar refractivity (Wildman–Crippen MR) is 232 cm³/mol. The zero-order valence-electron chi connectivity index (χ0n) is 36.0. The quantitative estimate of drug-likeness (QED) is 0.137. The molecule has 4 atom stereocenters. The zero-order valence-corrected chi connectivity index (χ0v) is 36.0. The number of rotatable bonds is 11. The lowest BCUT2D eigenvalue weighted by Crippen LogP contribution is -2.39. The molecule has 3 N–H and O–H groups in total. The Morgan fingerprint density at radius 2 is 1.70 bits per heavy atom. The number of aromatic nitrogens is 7. The number of aryl methyl sites for hydroxylation is 3. The first kappa shape index (κ1) is 41.0. The van der Waals surface area contributed by atoms with Crippen molar-refractivity contribution < 1.29 is 28.6 Å². The zero-order chi connectivity index (χ0) is 43.9. The summed E-state index contributed by atoms with van der Waals surface area (Å²) < 4.78 is 38.5. The average Bonchev–Trinajstić information content (AvgIpc) is 3.77. The van der Waals surface area contributed by atoms with Gasteiger partial charge in [-0.05, 0) is 130 Å². The molecule has 16 heteroatoms. The number of hydrogen-bond donors (Lipinski definition) is 3. The molecule has 15 nitrogen and oxygen atoms in total. The summed E-state index contributed by atoms with van der Waals surface area (Å²) in [5.74, 6) is 0.981. The average molecular weight is 859 g/mol. The van der Waals surface area contributed by atoms with Crippen LogP contribution in [-0.2, 0) is 16.7 Å². The van der Waals surface area contributed by atoms with Gasteiger partial charge in [-0.2, -0.15) is 5.10 Å². The van der Waals surface area contributed by atoms with Gasteiger partial charge in [-0.25, -0.2) is 18.7 Å². The number of imidazole rings is 1. The number of fused-ring (bicyclic) bond motifs is 2. The minimum absolute atomic E-state index is 0.0665. The van der Waals surface area contributed by atoms with Gasteiger partial charge in [0.2, 0.25) is 0 Å². The molecule has 7 aromatic rings. The maximum absolute atomic E-state index is 15.1. The first-order valence-corrected chi connectivity index (χ1v) is 21.7. The Morgan fingerprint density at radius 3 is 2.38 bits per heavy atom. The topological polar surface area (TPSA) is 171 Å². The van der Waals surface area contributed by atoms with Crippen LogP contribution in [0.25, 0.3) is 28.1 Å². The second kappa shape index (κ2) is 15.6. The van der Waals surface area contributed by atoms with Crippen LogP contribution in [-0.4, -0.2) is 81.7 Å². The van der Waals surface area contributed by atoms with E-state index in [0.29, 0.717) is 84.1 Å². The van der Waals surface area contributed by atoms with Crippen LogP contribution in [0, 0.1) is 32.5 Å². The van der Waals surface area contributed by atoms with Crippen LogP contribution < -0.4 is 16.2 Å². The maximum atomic E-state index is 15.1. The molecule has 63 heavy (non-hydrogen) atoms. The van der Waals surface area contributed by atoms with E-state index in [1.165, 1.54) is 5.56 Å². The van der Waals surface area contributed by atoms with Crippen LogP contribution in [0.3, 0.4) is 0 Å². The Bertz CT molecular complexity index is 2980. The van der Waals surface area contributed by atoms with E-state index < -0.39 is 23.6 Å². The molecule has 1 aliphatic carbocycles. The molecule has 1 saturated heterocycles. The summed E-state index contributed by atoms with van der Waals surface area (Å²) in [5, 5.41) is 32.5. The predicted octanol–water partition coefficient (Wildman–Crippen LogP) is 6.17. The summed E-state index contributed by atoms with van der Waals surface area (Å²) >= 11 is 0. The van der Waals surface area contributed by atoms with Gasteiger partial charge in [0.25, 0.3) is 0 Å². The van der Waals surface area contributed by atoms with Crippen molar-refractivity contribution in [2.24, 2.45) is 5.92 Å². The van der Waals surface area contributed by atoms with E-state index in [4.69, 9.17) is 19.1 Å². The van der Waals surface area contributed by atoms with E-state index in [1.807, 2.05) is 24.8 Å². The molecule has 1 saturated carbocycles. The highest BCUT2D eigenvalue weighted by Gasteiger charge is 2.59. The van der Waals surface area contributed by atoms with Crippen molar-refractivity contribution in [3.8, 4) is 22.9 Å². The van der Waals surface area contributed by atoms with Gasteiger partial charge >= 0.3 is 11.4 Å². The first-order chi connectivity index (χ1) is 30.4. The molecular weight excluding hydrogens is 808 g/mol. The second-order valence-electron chi connectivity index (χ2n) is 17.5. The van der Waals surface area contributed by atoms with Crippen LogP contribution in [0.15, 0.2) is 81.1 Å². The minimum Gasteiger partial charge on any atom is -0.491 e. The largest absolute Gasteiger partial charge is 0.491 e. The Balaban J connectivity index is 1.10. The lowest BCUT2D eigenvalue weighted by atomic mass is 9.91. The van der Waals surface area contributed by atoms with Crippen LogP contribution >= 0.6 is 0 Å². The van der Waals surface area contributed by atoms with Crippen molar-refractivity contribution in [3.63, 3.8) is 0 Å². The fraction of sp³-hybridized carbons (Fsp3) is 0.404. The molecule has 2 aliphatic heterocycles. The number of H-pyrrole nitrogens is 1. The lowest BCUT2D eigenvalue weighted by molar-refractivity contribution is -0.0341. The Labute approximate surface area is 361 Å². The van der Waals surface area contributed by atoms with Gasteiger partial charge in [0.15, 0.2) is 5.82 Å². The summed E-state index contributed by atoms with van der Waals surface area (Å²) in [4.78, 5) is 31.9. The highest BCUT2D eigenvalue weighted by molar-refractivity contribution is 5.83. The highest BCUT2D eigenvalue weighted by Crippen LogP contribution is 2.57. The van der Waals surface area contributed by atoms with Gasteiger partial charge in [-0.3, -0.25) is 23.5 Å². The fourth-order valence-corrected chi connectivity index (χ4v) is 10.2. The van der Waals surface area contributed by atoms with Gasteiger partial charge in [-0.15, -0.1) is 0 Å². The van der Waals surface area contributed by atoms with Crippen LogP contribution in [0.2, 0.25) is 0 Å². The lowest BCUT2D eigenvalue weighted by Gasteiger charge is -2.38. The molecule has 0 spiro atoms. The standard InChI is InChI=1S/C47H51FN8O7/c1-26-20-34(7-9-39(26)62-19-16-57)53-14-15-54(46(53)60)42-40-30(5)52(13-10-36(40)50-56(42)35-21-27(2)41(48)28(3)22-35)43(58)38-24-33-23-32(31-11-17-61-18-12-31)6-8-37(33)55(38)47(25-29(47)4)44-49-45(59)63-51-44/h6-9,14-15,20-24,29-31,43,57-58H,10-13,16-19,25H2,1-5H3,(H,49,51,59)/t29-,30-,43?,47-/m0/s1. The number of aliphatic hydroxyl groups is 2. The highest BCUT2D eigenvalue weighted by atomic mass is 19.1. The molecule has 3 aliphatic rings. The summed E-state index contributed by atoms with van der Waals surface area (Å²) in [6.07, 6.45) is 5.26. The summed E-state index contributed by atoms with van der Waals surface area (Å²) in [5.41, 5.74) is 6.08. The molecular formula is C47H51FN8O7. The van der Waals surface area contributed by atoms with Gasteiger partial charge in [0.1, 0.15) is 35.8 Å². The SMILES string of the molecule is Cc1cc(-n2ccn(-c3c4c(nn3-c3cc(C)c(F)c(C)c3)CCN(C(O)c3cc5cc(C6CCOCC6)ccc5n3[C@@]3(c5noc(=O)[nH]5)C[C@@H]3C)[C@H]4C)c2=O)ccc1OCCO. The Hall–Kier alpha value is -6.07.